The fraction of sp³-hybridized carbons (Fsp3) is 0.550. The highest BCUT2D eigenvalue weighted by Gasteiger charge is 2.39. The summed E-state index contributed by atoms with van der Waals surface area (Å²) in [4.78, 5) is 38.9. The normalized spacial score (nSPS) is 24.2. The summed E-state index contributed by atoms with van der Waals surface area (Å²) in [5.74, 6) is 0.180. The third kappa shape index (κ3) is 4.86. The molecule has 1 aromatic carbocycles. The van der Waals surface area contributed by atoms with Crippen molar-refractivity contribution >= 4 is 23.4 Å². The zero-order chi connectivity index (χ0) is 19.4. The van der Waals surface area contributed by atoms with Gasteiger partial charge < -0.3 is 21.3 Å². The van der Waals surface area contributed by atoms with E-state index in [1.165, 1.54) is 0 Å². The maximum absolute atomic E-state index is 12.9. The van der Waals surface area contributed by atoms with Gasteiger partial charge in [0.25, 0.3) is 5.91 Å². The number of amides is 3. The third-order valence-corrected chi connectivity index (χ3v) is 5.35. The Kier molecular flexibility index (Phi) is 6.11. The molecule has 0 spiro atoms. The second kappa shape index (κ2) is 8.52. The van der Waals surface area contributed by atoms with Gasteiger partial charge >= 0.3 is 0 Å². The van der Waals surface area contributed by atoms with Crippen LogP contribution in [-0.2, 0) is 9.59 Å². The first-order valence-corrected chi connectivity index (χ1v) is 9.67. The molecule has 2 fully saturated rings. The van der Waals surface area contributed by atoms with Crippen molar-refractivity contribution < 1.29 is 14.4 Å². The number of likely N-dealkylation sites (tertiary alicyclic amines) is 1. The Hall–Kier alpha value is -2.41. The van der Waals surface area contributed by atoms with Gasteiger partial charge in [0.2, 0.25) is 11.8 Å². The summed E-state index contributed by atoms with van der Waals surface area (Å²) in [6.07, 6.45) is 2.49. The van der Waals surface area contributed by atoms with E-state index in [-0.39, 0.29) is 29.6 Å². The molecule has 1 aromatic rings. The van der Waals surface area contributed by atoms with Crippen LogP contribution in [0, 0.1) is 17.8 Å². The van der Waals surface area contributed by atoms with Crippen LogP contribution in [0.15, 0.2) is 24.3 Å². The molecule has 0 aromatic heterocycles. The minimum atomic E-state index is -0.200. The quantitative estimate of drug-likeness (QED) is 0.698. The summed E-state index contributed by atoms with van der Waals surface area (Å²) >= 11 is 0. The van der Waals surface area contributed by atoms with Crippen LogP contribution in [0.1, 0.15) is 36.5 Å². The van der Waals surface area contributed by atoms with E-state index in [9.17, 15) is 14.4 Å². The fourth-order valence-electron chi connectivity index (χ4n) is 3.55. The molecular weight excluding hydrogens is 344 g/mol. The summed E-state index contributed by atoms with van der Waals surface area (Å²) < 4.78 is 0. The molecule has 1 saturated heterocycles. The average Bonchev–Trinajstić information content (AvgIpc) is 3.42. The number of hydrogen-bond donors (Lipinski definition) is 3. The number of hydrogen-bond acceptors (Lipinski definition) is 4. The van der Waals surface area contributed by atoms with Gasteiger partial charge in [-0.05, 0) is 43.4 Å². The molecular formula is C20H28N4O3. The van der Waals surface area contributed by atoms with Gasteiger partial charge in [0.1, 0.15) is 0 Å². The fourth-order valence-corrected chi connectivity index (χ4v) is 3.55. The Morgan fingerprint density at radius 3 is 2.74 bits per heavy atom. The van der Waals surface area contributed by atoms with E-state index < -0.39 is 0 Å². The molecule has 0 bridgehead atoms. The van der Waals surface area contributed by atoms with Crippen LogP contribution in [-0.4, -0.2) is 48.8 Å². The lowest BCUT2D eigenvalue weighted by Gasteiger charge is -2.32. The molecule has 146 valence electrons. The number of rotatable bonds is 6. The summed E-state index contributed by atoms with van der Waals surface area (Å²) in [5.41, 5.74) is 6.59. The van der Waals surface area contributed by atoms with Crippen molar-refractivity contribution in [1.82, 2.24) is 10.2 Å². The van der Waals surface area contributed by atoms with Crippen LogP contribution in [0.2, 0.25) is 0 Å². The minimum Gasteiger partial charge on any atom is -0.355 e. The monoisotopic (exact) mass is 372 g/mol. The van der Waals surface area contributed by atoms with Crippen LogP contribution in [0.25, 0.3) is 0 Å². The molecule has 1 aliphatic heterocycles. The van der Waals surface area contributed by atoms with Crippen molar-refractivity contribution in [3.05, 3.63) is 29.8 Å². The molecule has 3 rings (SSSR count). The lowest BCUT2D eigenvalue weighted by atomic mass is 9.96. The smallest absolute Gasteiger partial charge is 0.253 e. The van der Waals surface area contributed by atoms with Crippen LogP contribution in [0.5, 0.6) is 0 Å². The first-order valence-electron chi connectivity index (χ1n) is 9.67. The van der Waals surface area contributed by atoms with Crippen molar-refractivity contribution in [3.63, 3.8) is 0 Å². The Balaban J connectivity index is 1.62. The predicted octanol–water partition coefficient (Wildman–Crippen LogP) is 1.21. The van der Waals surface area contributed by atoms with Gasteiger partial charge in [0.15, 0.2) is 0 Å². The minimum absolute atomic E-state index is 0.0155. The lowest BCUT2D eigenvalue weighted by Crippen LogP contribution is -2.46. The van der Waals surface area contributed by atoms with E-state index in [0.29, 0.717) is 43.3 Å². The van der Waals surface area contributed by atoms with Gasteiger partial charge in [0, 0.05) is 43.3 Å². The zero-order valence-electron chi connectivity index (χ0n) is 15.7. The SMILES string of the molecule is CC1CC1C(=O)Nc1cccc(C(=O)N2CCCC(C(=O)NCCN)C2)c1. The summed E-state index contributed by atoms with van der Waals surface area (Å²) in [5, 5.41) is 5.70. The van der Waals surface area contributed by atoms with Crippen molar-refractivity contribution in [1.29, 1.82) is 0 Å². The lowest BCUT2D eigenvalue weighted by molar-refractivity contribution is -0.126. The number of carbonyl (C=O) groups is 3. The number of anilines is 1. The van der Waals surface area contributed by atoms with E-state index in [1.54, 1.807) is 29.2 Å². The van der Waals surface area contributed by atoms with Gasteiger partial charge in [0.05, 0.1) is 5.92 Å². The second-order valence-corrected chi connectivity index (χ2v) is 7.56. The standard InChI is InChI=1S/C20H28N4O3/c1-13-10-17(13)19(26)23-16-6-2-4-14(11-16)20(27)24-9-3-5-15(12-24)18(25)22-8-7-21/h2,4,6,11,13,15,17H,3,5,7-10,12,21H2,1H3,(H,22,25)(H,23,26). The summed E-state index contributed by atoms with van der Waals surface area (Å²) in [6, 6.07) is 7.02. The summed E-state index contributed by atoms with van der Waals surface area (Å²) in [6.45, 7) is 3.95. The largest absolute Gasteiger partial charge is 0.355 e. The van der Waals surface area contributed by atoms with Crippen LogP contribution >= 0.6 is 0 Å². The molecule has 1 saturated carbocycles. The maximum Gasteiger partial charge on any atom is 0.253 e. The predicted molar refractivity (Wildman–Crippen MR) is 103 cm³/mol. The van der Waals surface area contributed by atoms with Crippen LogP contribution in [0.4, 0.5) is 5.69 Å². The number of piperidine rings is 1. The van der Waals surface area contributed by atoms with E-state index in [1.807, 2.05) is 0 Å². The van der Waals surface area contributed by atoms with Crippen molar-refractivity contribution in [3.8, 4) is 0 Å². The van der Waals surface area contributed by atoms with Gasteiger partial charge in [-0.1, -0.05) is 13.0 Å². The van der Waals surface area contributed by atoms with Gasteiger partial charge in [-0.3, -0.25) is 14.4 Å². The van der Waals surface area contributed by atoms with Gasteiger partial charge in [-0.2, -0.15) is 0 Å². The molecule has 27 heavy (non-hydrogen) atoms. The average molecular weight is 372 g/mol. The van der Waals surface area contributed by atoms with Crippen molar-refractivity contribution in [2.24, 2.45) is 23.5 Å². The molecule has 3 amide bonds. The number of nitrogens with one attached hydrogen (secondary N) is 2. The second-order valence-electron chi connectivity index (χ2n) is 7.56. The topological polar surface area (TPSA) is 105 Å². The molecule has 1 heterocycles. The first kappa shape index (κ1) is 19.4. The number of benzene rings is 1. The highest BCUT2D eigenvalue weighted by Crippen LogP contribution is 2.38. The molecule has 7 nitrogen and oxygen atoms in total. The highest BCUT2D eigenvalue weighted by molar-refractivity contribution is 5.98. The van der Waals surface area contributed by atoms with E-state index in [0.717, 1.165) is 19.3 Å². The van der Waals surface area contributed by atoms with Crippen LogP contribution < -0.4 is 16.4 Å². The number of nitrogens with zero attached hydrogens (tertiary/aromatic N) is 1. The van der Waals surface area contributed by atoms with Crippen molar-refractivity contribution in [2.75, 3.05) is 31.5 Å². The van der Waals surface area contributed by atoms with E-state index in [4.69, 9.17) is 5.73 Å². The van der Waals surface area contributed by atoms with Gasteiger partial charge in [-0.25, -0.2) is 0 Å². The molecule has 3 atom stereocenters. The van der Waals surface area contributed by atoms with Crippen LogP contribution in [0.3, 0.4) is 0 Å². The first-order chi connectivity index (χ1) is 13.0. The van der Waals surface area contributed by atoms with Gasteiger partial charge in [-0.15, -0.1) is 0 Å². The molecule has 4 N–H and O–H groups in total. The summed E-state index contributed by atoms with van der Waals surface area (Å²) in [7, 11) is 0. The zero-order valence-corrected chi connectivity index (χ0v) is 15.7. The Labute approximate surface area is 159 Å². The molecule has 3 unspecified atom stereocenters. The number of nitrogens with two attached hydrogens (primary N) is 1. The Bertz CT molecular complexity index is 721. The van der Waals surface area contributed by atoms with Crippen molar-refractivity contribution in [2.45, 2.75) is 26.2 Å². The molecule has 2 aliphatic rings. The maximum atomic E-state index is 12.9. The Morgan fingerprint density at radius 1 is 1.26 bits per heavy atom. The number of carbonyl (C=O) groups excluding carboxylic acids is 3. The van der Waals surface area contributed by atoms with E-state index >= 15 is 0 Å². The third-order valence-electron chi connectivity index (χ3n) is 5.35. The molecule has 0 radical (unpaired) electrons. The molecule has 7 heteroatoms. The van der Waals surface area contributed by atoms with E-state index in [2.05, 4.69) is 17.6 Å². The Morgan fingerprint density at radius 2 is 2.04 bits per heavy atom. The highest BCUT2D eigenvalue weighted by atomic mass is 16.2. The molecule has 1 aliphatic carbocycles.